The molecule has 1 atom stereocenters. The summed E-state index contributed by atoms with van der Waals surface area (Å²) in [7, 11) is 1.59. The number of aromatic nitrogens is 1. The molecule has 1 aliphatic rings. The van der Waals surface area contributed by atoms with E-state index in [2.05, 4.69) is 15.6 Å². The lowest BCUT2D eigenvalue weighted by Gasteiger charge is -2.13. The molecule has 0 saturated carbocycles. The van der Waals surface area contributed by atoms with Gasteiger partial charge in [-0.2, -0.15) is 0 Å². The zero-order valence-electron chi connectivity index (χ0n) is 17.9. The van der Waals surface area contributed by atoms with Crippen molar-refractivity contribution in [1.82, 2.24) is 20.5 Å². The first-order valence-electron chi connectivity index (χ1n) is 10.6. The first-order valence-corrected chi connectivity index (χ1v) is 10.6. The summed E-state index contributed by atoms with van der Waals surface area (Å²) in [4.78, 5) is 41.7. The van der Waals surface area contributed by atoms with Gasteiger partial charge in [-0.05, 0) is 42.2 Å². The molecule has 166 valence electrons. The van der Waals surface area contributed by atoms with Gasteiger partial charge in [-0.25, -0.2) is 4.79 Å². The van der Waals surface area contributed by atoms with Gasteiger partial charge in [0, 0.05) is 36.6 Å². The predicted molar refractivity (Wildman–Crippen MR) is 120 cm³/mol. The fraction of sp³-hybridized carbons (Fsp3) is 0.292. The number of imide groups is 1. The smallest absolute Gasteiger partial charge is 0.324 e. The van der Waals surface area contributed by atoms with Crippen molar-refractivity contribution >= 4 is 28.7 Å². The van der Waals surface area contributed by atoms with E-state index in [1.165, 1.54) is 4.90 Å². The van der Waals surface area contributed by atoms with E-state index < -0.39 is 12.1 Å². The molecule has 1 aliphatic heterocycles. The number of amides is 4. The summed E-state index contributed by atoms with van der Waals surface area (Å²) >= 11 is 0. The second-order valence-corrected chi connectivity index (χ2v) is 7.77. The fourth-order valence-electron chi connectivity index (χ4n) is 3.90. The lowest BCUT2D eigenvalue weighted by Crippen LogP contribution is -2.33. The number of fused-ring (bicyclic) bond motifs is 1. The van der Waals surface area contributed by atoms with Crippen LogP contribution in [0.5, 0.6) is 5.75 Å². The zero-order chi connectivity index (χ0) is 22.5. The van der Waals surface area contributed by atoms with Crippen LogP contribution < -0.4 is 15.4 Å². The number of hydrogen-bond donors (Lipinski definition) is 3. The second kappa shape index (κ2) is 9.55. The Morgan fingerprint density at radius 1 is 1.16 bits per heavy atom. The molecule has 0 spiro atoms. The number of H-pyrrole nitrogens is 1. The number of nitrogens with one attached hydrogen (secondary N) is 3. The van der Waals surface area contributed by atoms with Gasteiger partial charge in [0.15, 0.2) is 0 Å². The summed E-state index contributed by atoms with van der Waals surface area (Å²) in [5, 5.41) is 6.62. The van der Waals surface area contributed by atoms with E-state index in [0.717, 1.165) is 27.8 Å². The van der Waals surface area contributed by atoms with Crippen LogP contribution in [0.3, 0.4) is 0 Å². The summed E-state index contributed by atoms with van der Waals surface area (Å²) in [6.45, 7) is 0.669. The summed E-state index contributed by atoms with van der Waals surface area (Å²) in [6, 6.07) is 14.3. The lowest BCUT2D eigenvalue weighted by atomic mass is 10.1. The Morgan fingerprint density at radius 2 is 2.00 bits per heavy atom. The average molecular weight is 434 g/mol. The first kappa shape index (κ1) is 21.4. The highest BCUT2D eigenvalue weighted by Gasteiger charge is 2.37. The van der Waals surface area contributed by atoms with Gasteiger partial charge in [0.25, 0.3) is 5.91 Å². The van der Waals surface area contributed by atoms with Gasteiger partial charge in [0.05, 0.1) is 7.11 Å². The van der Waals surface area contributed by atoms with Gasteiger partial charge in [-0.15, -0.1) is 0 Å². The molecule has 2 aromatic carbocycles. The third-order valence-electron chi connectivity index (χ3n) is 5.67. The minimum atomic E-state index is -0.673. The highest BCUT2D eigenvalue weighted by Crippen LogP contribution is 2.20. The van der Waals surface area contributed by atoms with Gasteiger partial charge in [0.1, 0.15) is 11.8 Å². The molecular formula is C24H26N4O4. The minimum Gasteiger partial charge on any atom is -0.497 e. The van der Waals surface area contributed by atoms with Crippen molar-refractivity contribution in [3.05, 3.63) is 65.9 Å². The number of benzene rings is 2. The number of rotatable bonds is 9. The van der Waals surface area contributed by atoms with E-state index in [-0.39, 0.29) is 24.7 Å². The standard InChI is InChI=1S/C24H26N4O4/c1-32-18-6-4-5-16(13-18)14-26-22(29)10-9-21-23(30)28(24(31)27-21)12-11-17-15-25-20-8-3-2-7-19(17)20/h2-8,13,15,21,25H,9-12,14H2,1H3,(H,26,29)(H,27,31). The third kappa shape index (κ3) is 4.74. The molecule has 1 saturated heterocycles. The maximum Gasteiger partial charge on any atom is 0.324 e. The van der Waals surface area contributed by atoms with Crippen LogP contribution in [-0.2, 0) is 22.6 Å². The monoisotopic (exact) mass is 434 g/mol. The molecule has 4 amide bonds. The summed E-state index contributed by atoms with van der Waals surface area (Å²) in [5.74, 6) is 0.270. The van der Waals surface area contributed by atoms with E-state index in [9.17, 15) is 14.4 Å². The van der Waals surface area contributed by atoms with Crippen molar-refractivity contribution in [2.75, 3.05) is 13.7 Å². The van der Waals surface area contributed by atoms with E-state index in [1.807, 2.05) is 54.7 Å². The number of urea groups is 1. The number of nitrogens with zero attached hydrogens (tertiary/aromatic N) is 1. The van der Waals surface area contributed by atoms with E-state index in [0.29, 0.717) is 19.5 Å². The topological polar surface area (TPSA) is 104 Å². The number of methoxy groups -OCH3 is 1. The molecular weight excluding hydrogens is 408 g/mol. The summed E-state index contributed by atoms with van der Waals surface area (Å²) in [6.07, 6.45) is 2.89. The Hall–Kier alpha value is -3.81. The van der Waals surface area contributed by atoms with E-state index in [1.54, 1.807) is 7.11 Å². The highest BCUT2D eigenvalue weighted by atomic mass is 16.5. The zero-order valence-corrected chi connectivity index (χ0v) is 17.9. The van der Waals surface area contributed by atoms with E-state index >= 15 is 0 Å². The van der Waals surface area contributed by atoms with Crippen LogP contribution in [0.4, 0.5) is 4.79 Å². The Kier molecular flexibility index (Phi) is 6.39. The maximum absolute atomic E-state index is 12.7. The molecule has 2 heterocycles. The molecule has 3 N–H and O–H groups in total. The number of para-hydroxylation sites is 1. The molecule has 8 heteroatoms. The Labute approximate surface area is 185 Å². The van der Waals surface area contributed by atoms with Crippen molar-refractivity contribution < 1.29 is 19.1 Å². The van der Waals surface area contributed by atoms with E-state index in [4.69, 9.17) is 4.74 Å². The molecule has 0 radical (unpaired) electrons. The predicted octanol–water partition coefficient (Wildman–Crippen LogP) is 2.74. The molecule has 3 aromatic rings. The van der Waals surface area contributed by atoms with Crippen LogP contribution >= 0.6 is 0 Å². The molecule has 1 aromatic heterocycles. The van der Waals surface area contributed by atoms with Gasteiger partial charge < -0.3 is 20.4 Å². The second-order valence-electron chi connectivity index (χ2n) is 7.77. The van der Waals surface area contributed by atoms with Gasteiger partial charge in [-0.1, -0.05) is 30.3 Å². The van der Waals surface area contributed by atoms with Crippen LogP contribution in [0, 0.1) is 0 Å². The Bertz CT molecular complexity index is 1140. The summed E-state index contributed by atoms with van der Waals surface area (Å²) < 4.78 is 5.18. The van der Waals surface area contributed by atoms with Crippen molar-refractivity contribution in [3.63, 3.8) is 0 Å². The normalized spacial score (nSPS) is 15.8. The van der Waals surface area contributed by atoms with Gasteiger partial charge in [0.2, 0.25) is 5.91 Å². The molecule has 8 nitrogen and oxygen atoms in total. The quantitative estimate of drug-likeness (QED) is 0.451. The maximum atomic E-state index is 12.7. The molecule has 32 heavy (non-hydrogen) atoms. The Morgan fingerprint density at radius 3 is 2.84 bits per heavy atom. The van der Waals surface area contributed by atoms with Crippen LogP contribution in [-0.4, -0.2) is 47.4 Å². The Balaban J connectivity index is 1.25. The number of ether oxygens (including phenoxy) is 1. The minimum absolute atomic E-state index is 0.150. The van der Waals surface area contributed by atoms with Crippen molar-refractivity contribution in [2.24, 2.45) is 0 Å². The largest absolute Gasteiger partial charge is 0.497 e. The van der Waals surface area contributed by atoms with Gasteiger partial charge in [-0.3, -0.25) is 14.5 Å². The van der Waals surface area contributed by atoms with Crippen LogP contribution in [0.25, 0.3) is 10.9 Å². The third-order valence-corrected chi connectivity index (χ3v) is 5.67. The van der Waals surface area contributed by atoms with Crippen LogP contribution in [0.2, 0.25) is 0 Å². The molecule has 4 rings (SSSR count). The van der Waals surface area contributed by atoms with Crippen LogP contribution in [0.15, 0.2) is 54.7 Å². The number of aromatic amines is 1. The number of carbonyl (C=O) groups excluding carboxylic acids is 3. The number of carbonyl (C=O) groups is 3. The first-order chi connectivity index (χ1) is 15.5. The molecule has 1 fully saturated rings. The van der Waals surface area contributed by atoms with Gasteiger partial charge >= 0.3 is 6.03 Å². The van der Waals surface area contributed by atoms with Crippen molar-refractivity contribution in [1.29, 1.82) is 0 Å². The molecule has 1 unspecified atom stereocenters. The van der Waals surface area contributed by atoms with Crippen molar-refractivity contribution in [3.8, 4) is 5.75 Å². The number of hydrogen-bond acceptors (Lipinski definition) is 4. The van der Waals surface area contributed by atoms with Crippen LogP contribution in [0.1, 0.15) is 24.0 Å². The fourth-order valence-corrected chi connectivity index (χ4v) is 3.90. The lowest BCUT2D eigenvalue weighted by molar-refractivity contribution is -0.127. The molecule has 0 bridgehead atoms. The molecule has 0 aliphatic carbocycles. The summed E-state index contributed by atoms with van der Waals surface area (Å²) in [5.41, 5.74) is 3.01. The highest BCUT2D eigenvalue weighted by molar-refractivity contribution is 6.04. The average Bonchev–Trinajstić information content (AvgIpc) is 3.35. The van der Waals surface area contributed by atoms with Crippen molar-refractivity contribution in [2.45, 2.75) is 31.8 Å². The SMILES string of the molecule is COc1cccc(CNC(=O)CCC2NC(=O)N(CCc3c[nH]c4ccccc34)C2=O)c1.